The lowest BCUT2D eigenvalue weighted by molar-refractivity contribution is -0.126. The van der Waals surface area contributed by atoms with E-state index in [0.29, 0.717) is 11.4 Å². The molecular formula is C23H30N4O3. The minimum atomic E-state index is -0.493. The molecule has 0 aliphatic heterocycles. The summed E-state index contributed by atoms with van der Waals surface area (Å²) >= 11 is 0. The summed E-state index contributed by atoms with van der Waals surface area (Å²) in [5.74, 6) is -0.229. The molecule has 30 heavy (non-hydrogen) atoms. The van der Waals surface area contributed by atoms with Crippen LogP contribution in [0.2, 0.25) is 0 Å². The van der Waals surface area contributed by atoms with Gasteiger partial charge in [0.05, 0.1) is 13.3 Å². The van der Waals surface area contributed by atoms with E-state index in [1.165, 1.54) is 6.21 Å². The standard InChI is InChI=1S/C23H30N4O3/c1-6-27(7-2)19-10-9-18(21(13-19)30-5)15-24-26-23(29)14-22(28)25-20-11-8-16(3)12-17(20)4/h8-13,15H,6-7,14H2,1-5H3,(H,25,28)(H,26,29). The van der Waals surface area contributed by atoms with Crippen LogP contribution in [-0.2, 0) is 9.59 Å². The van der Waals surface area contributed by atoms with Gasteiger partial charge in [-0.2, -0.15) is 5.10 Å². The molecule has 2 aromatic carbocycles. The quantitative estimate of drug-likeness (QED) is 0.376. The van der Waals surface area contributed by atoms with Gasteiger partial charge in [0, 0.05) is 36.1 Å². The van der Waals surface area contributed by atoms with Crippen LogP contribution in [0.3, 0.4) is 0 Å². The Morgan fingerprint density at radius 2 is 1.80 bits per heavy atom. The average Bonchev–Trinajstić information content (AvgIpc) is 2.71. The third kappa shape index (κ3) is 6.34. The maximum atomic E-state index is 12.1. The average molecular weight is 411 g/mol. The van der Waals surface area contributed by atoms with E-state index in [0.717, 1.165) is 35.5 Å². The Hall–Kier alpha value is -3.35. The number of hydrazone groups is 1. The first-order valence-corrected chi connectivity index (χ1v) is 9.99. The number of methoxy groups -OCH3 is 1. The van der Waals surface area contributed by atoms with E-state index in [1.807, 2.05) is 50.2 Å². The number of amides is 2. The molecule has 2 aromatic rings. The number of nitrogens with zero attached hydrogens (tertiary/aromatic N) is 2. The minimum absolute atomic E-state index is 0.317. The molecule has 0 saturated heterocycles. The first kappa shape index (κ1) is 22.9. The largest absolute Gasteiger partial charge is 0.496 e. The SMILES string of the molecule is CCN(CC)c1ccc(C=NNC(=O)CC(=O)Nc2ccc(C)cc2C)c(OC)c1. The van der Waals surface area contributed by atoms with Crippen LogP contribution < -0.4 is 20.4 Å². The maximum Gasteiger partial charge on any atom is 0.249 e. The molecule has 0 aliphatic carbocycles. The van der Waals surface area contributed by atoms with E-state index in [1.54, 1.807) is 7.11 Å². The van der Waals surface area contributed by atoms with E-state index in [-0.39, 0.29) is 6.42 Å². The summed E-state index contributed by atoms with van der Waals surface area (Å²) in [6.45, 7) is 9.87. The molecular weight excluding hydrogens is 380 g/mol. The zero-order chi connectivity index (χ0) is 22.1. The molecule has 2 rings (SSSR count). The van der Waals surface area contributed by atoms with Crippen LogP contribution >= 0.6 is 0 Å². The second kappa shape index (κ2) is 11.0. The number of benzene rings is 2. The number of rotatable bonds is 9. The second-order valence-corrected chi connectivity index (χ2v) is 6.94. The maximum absolute atomic E-state index is 12.1. The Morgan fingerprint density at radius 3 is 2.43 bits per heavy atom. The van der Waals surface area contributed by atoms with Crippen molar-refractivity contribution in [3.63, 3.8) is 0 Å². The van der Waals surface area contributed by atoms with Crippen LogP contribution in [0, 0.1) is 13.8 Å². The van der Waals surface area contributed by atoms with Gasteiger partial charge in [-0.05, 0) is 51.5 Å². The van der Waals surface area contributed by atoms with Gasteiger partial charge >= 0.3 is 0 Å². The fourth-order valence-corrected chi connectivity index (χ4v) is 3.10. The van der Waals surface area contributed by atoms with Gasteiger partial charge in [-0.15, -0.1) is 0 Å². The Labute approximate surface area is 178 Å². The molecule has 160 valence electrons. The predicted octanol–water partition coefficient (Wildman–Crippen LogP) is 3.64. The summed E-state index contributed by atoms with van der Waals surface area (Å²) in [6.07, 6.45) is 1.19. The highest BCUT2D eigenvalue weighted by molar-refractivity contribution is 6.04. The molecule has 7 heteroatoms. The normalized spacial score (nSPS) is 10.7. The van der Waals surface area contributed by atoms with Crippen molar-refractivity contribution in [2.45, 2.75) is 34.1 Å². The predicted molar refractivity (Wildman–Crippen MR) is 121 cm³/mol. The van der Waals surface area contributed by atoms with E-state index < -0.39 is 11.8 Å². The van der Waals surface area contributed by atoms with Gasteiger partial charge < -0.3 is 15.0 Å². The Bertz CT molecular complexity index is 921. The van der Waals surface area contributed by atoms with E-state index >= 15 is 0 Å². The van der Waals surface area contributed by atoms with Gasteiger partial charge in [0.1, 0.15) is 12.2 Å². The van der Waals surface area contributed by atoms with Crippen molar-refractivity contribution in [2.75, 3.05) is 30.4 Å². The lowest BCUT2D eigenvalue weighted by Crippen LogP contribution is -2.25. The van der Waals surface area contributed by atoms with Gasteiger partial charge in [0.15, 0.2) is 0 Å². The zero-order valence-corrected chi connectivity index (χ0v) is 18.3. The van der Waals surface area contributed by atoms with Gasteiger partial charge in [-0.1, -0.05) is 17.7 Å². The van der Waals surface area contributed by atoms with Crippen LogP contribution in [0.15, 0.2) is 41.5 Å². The summed E-state index contributed by atoms with van der Waals surface area (Å²) in [4.78, 5) is 26.3. The molecule has 0 atom stereocenters. The molecule has 0 fully saturated rings. The van der Waals surface area contributed by atoms with Crippen molar-refractivity contribution >= 4 is 29.4 Å². The first-order valence-electron chi connectivity index (χ1n) is 9.99. The van der Waals surface area contributed by atoms with Gasteiger partial charge in [0.2, 0.25) is 11.8 Å². The highest BCUT2D eigenvalue weighted by Gasteiger charge is 2.11. The minimum Gasteiger partial charge on any atom is -0.496 e. The summed E-state index contributed by atoms with van der Waals surface area (Å²) in [5, 5.41) is 6.70. The molecule has 0 radical (unpaired) electrons. The summed E-state index contributed by atoms with van der Waals surface area (Å²) in [6, 6.07) is 11.5. The van der Waals surface area contributed by atoms with Crippen LogP contribution in [-0.4, -0.2) is 38.2 Å². The Kier molecular flexibility index (Phi) is 8.41. The second-order valence-electron chi connectivity index (χ2n) is 6.94. The molecule has 0 heterocycles. The molecule has 0 aromatic heterocycles. The smallest absolute Gasteiger partial charge is 0.249 e. The highest BCUT2D eigenvalue weighted by Crippen LogP contribution is 2.24. The molecule has 0 unspecified atom stereocenters. The third-order valence-corrected chi connectivity index (χ3v) is 4.72. The van der Waals surface area contributed by atoms with Crippen molar-refractivity contribution < 1.29 is 14.3 Å². The number of hydrogen-bond acceptors (Lipinski definition) is 5. The van der Waals surface area contributed by atoms with Crippen LogP contribution in [0.25, 0.3) is 0 Å². The van der Waals surface area contributed by atoms with E-state index in [9.17, 15) is 9.59 Å². The number of carbonyl (C=O) groups excluding carboxylic acids is 2. The fraction of sp³-hybridized carbons (Fsp3) is 0.348. The number of anilines is 2. The van der Waals surface area contributed by atoms with E-state index in [4.69, 9.17) is 4.74 Å². The topological polar surface area (TPSA) is 83.0 Å². The number of hydrogen-bond donors (Lipinski definition) is 2. The van der Waals surface area contributed by atoms with Gasteiger partial charge in [0.25, 0.3) is 0 Å². The third-order valence-electron chi connectivity index (χ3n) is 4.72. The Balaban J connectivity index is 1.94. The molecule has 2 amide bonds. The van der Waals surface area contributed by atoms with Crippen molar-refractivity contribution in [3.8, 4) is 5.75 Å². The summed E-state index contributed by atoms with van der Waals surface area (Å²) in [5.41, 5.74) is 6.92. The summed E-state index contributed by atoms with van der Waals surface area (Å²) in [7, 11) is 1.59. The van der Waals surface area contributed by atoms with Crippen molar-refractivity contribution in [1.82, 2.24) is 5.43 Å². The lowest BCUT2D eigenvalue weighted by atomic mass is 10.1. The molecule has 7 nitrogen and oxygen atoms in total. The van der Waals surface area contributed by atoms with Crippen molar-refractivity contribution in [3.05, 3.63) is 53.1 Å². The number of nitrogens with one attached hydrogen (secondary N) is 2. The number of ether oxygens (including phenoxy) is 1. The first-order chi connectivity index (χ1) is 14.4. The lowest BCUT2D eigenvalue weighted by Gasteiger charge is -2.21. The molecule has 0 saturated carbocycles. The van der Waals surface area contributed by atoms with Crippen molar-refractivity contribution in [1.29, 1.82) is 0 Å². The van der Waals surface area contributed by atoms with Crippen molar-refractivity contribution in [2.24, 2.45) is 5.10 Å². The molecule has 0 aliphatic rings. The van der Waals surface area contributed by atoms with Gasteiger partial charge in [-0.25, -0.2) is 5.43 Å². The Morgan fingerprint density at radius 1 is 1.07 bits per heavy atom. The molecule has 0 bridgehead atoms. The van der Waals surface area contributed by atoms with Crippen LogP contribution in [0.1, 0.15) is 37.0 Å². The van der Waals surface area contributed by atoms with Crippen LogP contribution in [0.5, 0.6) is 5.75 Å². The fourth-order valence-electron chi connectivity index (χ4n) is 3.10. The monoisotopic (exact) mass is 410 g/mol. The van der Waals surface area contributed by atoms with E-state index in [2.05, 4.69) is 34.6 Å². The molecule has 2 N–H and O–H groups in total. The van der Waals surface area contributed by atoms with Gasteiger partial charge in [-0.3, -0.25) is 9.59 Å². The number of aryl methyl sites for hydroxylation is 2. The molecule has 0 spiro atoms. The number of carbonyl (C=O) groups is 2. The summed E-state index contributed by atoms with van der Waals surface area (Å²) < 4.78 is 5.44. The highest BCUT2D eigenvalue weighted by atomic mass is 16.5. The zero-order valence-electron chi connectivity index (χ0n) is 18.3. The van der Waals surface area contributed by atoms with Crippen LogP contribution in [0.4, 0.5) is 11.4 Å².